The van der Waals surface area contributed by atoms with Crippen molar-refractivity contribution in [3.05, 3.63) is 41.7 Å². The van der Waals surface area contributed by atoms with Crippen LogP contribution in [0.4, 0.5) is 0 Å². The third-order valence-corrected chi connectivity index (χ3v) is 5.58. The van der Waals surface area contributed by atoms with Gasteiger partial charge in [0.1, 0.15) is 11.4 Å². The van der Waals surface area contributed by atoms with Crippen molar-refractivity contribution < 1.29 is 12.9 Å². The van der Waals surface area contributed by atoms with Crippen molar-refractivity contribution in [1.29, 1.82) is 0 Å². The molecule has 1 fully saturated rings. The normalized spacial score (nSPS) is 16.0. The van der Waals surface area contributed by atoms with E-state index >= 15 is 0 Å². The summed E-state index contributed by atoms with van der Waals surface area (Å²) in [4.78, 5) is 0. The molecule has 1 N–H and O–H groups in total. The van der Waals surface area contributed by atoms with Gasteiger partial charge in [0.2, 0.25) is 10.0 Å². The minimum absolute atomic E-state index is 0.168. The molecule has 1 saturated carbocycles. The van der Waals surface area contributed by atoms with Crippen molar-refractivity contribution in [2.45, 2.75) is 38.4 Å². The monoisotopic (exact) mass is 334 g/mol. The minimum Gasteiger partial charge on any atom is -0.360 e. The second-order valence-electron chi connectivity index (χ2n) is 6.30. The van der Waals surface area contributed by atoms with Gasteiger partial charge in [0.25, 0.3) is 0 Å². The Morgan fingerprint density at radius 3 is 2.61 bits per heavy atom. The van der Waals surface area contributed by atoms with Crippen LogP contribution in [0.15, 0.2) is 34.9 Å². The summed E-state index contributed by atoms with van der Waals surface area (Å²) in [7, 11) is -3.38. The number of hydrogen-bond acceptors (Lipinski definition) is 4. The third kappa shape index (κ3) is 4.42. The molecule has 0 spiro atoms. The predicted molar refractivity (Wildman–Crippen MR) is 89.3 cm³/mol. The van der Waals surface area contributed by atoms with E-state index in [0.717, 1.165) is 24.0 Å². The smallest absolute Gasteiger partial charge is 0.219 e. The molecule has 0 aliphatic heterocycles. The van der Waals surface area contributed by atoms with Gasteiger partial charge in [-0.05, 0) is 25.7 Å². The Kier molecular flexibility index (Phi) is 4.82. The van der Waals surface area contributed by atoms with E-state index in [1.54, 1.807) is 6.07 Å². The van der Waals surface area contributed by atoms with Crippen molar-refractivity contribution in [2.24, 2.45) is 5.92 Å². The molecule has 3 rings (SSSR count). The average molecular weight is 334 g/mol. The van der Waals surface area contributed by atoms with E-state index in [1.807, 2.05) is 31.2 Å². The quantitative estimate of drug-likeness (QED) is 0.880. The highest BCUT2D eigenvalue weighted by atomic mass is 32.2. The van der Waals surface area contributed by atoms with Crippen LogP contribution >= 0.6 is 0 Å². The Bertz CT molecular complexity index is 744. The van der Waals surface area contributed by atoms with Crippen LogP contribution in [-0.2, 0) is 15.8 Å². The van der Waals surface area contributed by atoms with Gasteiger partial charge in [-0.2, -0.15) is 0 Å². The molecule has 0 radical (unpaired) electrons. The van der Waals surface area contributed by atoms with Gasteiger partial charge in [-0.1, -0.05) is 47.8 Å². The van der Waals surface area contributed by atoms with E-state index < -0.39 is 10.0 Å². The first kappa shape index (κ1) is 16.2. The van der Waals surface area contributed by atoms with Gasteiger partial charge in [0, 0.05) is 18.2 Å². The second-order valence-corrected chi connectivity index (χ2v) is 8.11. The lowest BCUT2D eigenvalue weighted by atomic mass is 10.1. The lowest BCUT2D eigenvalue weighted by Crippen LogP contribution is -2.29. The molecule has 5 nitrogen and oxygen atoms in total. The highest BCUT2D eigenvalue weighted by Gasteiger charge is 2.20. The van der Waals surface area contributed by atoms with Crippen LogP contribution in [0.5, 0.6) is 0 Å². The number of nitrogens with zero attached hydrogens (tertiary/aromatic N) is 1. The zero-order valence-electron chi connectivity index (χ0n) is 13.3. The molecule has 1 aromatic carbocycles. The zero-order valence-corrected chi connectivity index (χ0v) is 14.1. The topological polar surface area (TPSA) is 72.2 Å². The molecule has 1 heterocycles. The van der Waals surface area contributed by atoms with E-state index in [9.17, 15) is 8.42 Å². The van der Waals surface area contributed by atoms with Crippen LogP contribution in [0.3, 0.4) is 0 Å². The van der Waals surface area contributed by atoms with E-state index in [4.69, 9.17) is 4.52 Å². The highest BCUT2D eigenvalue weighted by Crippen LogP contribution is 2.24. The number of rotatable bonds is 6. The maximum Gasteiger partial charge on any atom is 0.219 e. The van der Waals surface area contributed by atoms with Gasteiger partial charge >= 0.3 is 0 Å². The van der Waals surface area contributed by atoms with Crippen molar-refractivity contribution in [2.75, 3.05) is 6.54 Å². The first-order valence-electron chi connectivity index (χ1n) is 8.02. The standard InChI is InChI=1S/C17H22N2O3S/c1-13-6-8-15(9-7-13)17-10-16(22-19-17)12-23(20,21)18-11-14-4-2-3-5-14/h6-10,14,18H,2-5,11-12H2,1H3. The third-order valence-electron chi connectivity index (χ3n) is 4.31. The summed E-state index contributed by atoms with van der Waals surface area (Å²) in [6, 6.07) is 9.57. The second kappa shape index (κ2) is 6.84. The lowest BCUT2D eigenvalue weighted by molar-refractivity contribution is 0.394. The molecule has 23 heavy (non-hydrogen) atoms. The van der Waals surface area contributed by atoms with Gasteiger partial charge in [-0.25, -0.2) is 13.1 Å². The maximum atomic E-state index is 12.1. The van der Waals surface area contributed by atoms with Crippen LogP contribution in [0.2, 0.25) is 0 Å². The first-order chi connectivity index (χ1) is 11.0. The summed E-state index contributed by atoms with van der Waals surface area (Å²) in [5.41, 5.74) is 2.74. The SMILES string of the molecule is Cc1ccc(-c2cc(CS(=O)(=O)NCC3CCCC3)on2)cc1. The summed E-state index contributed by atoms with van der Waals surface area (Å²) in [6.07, 6.45) is 4.63. The Balaban J connectivity index is 1.62. The first-order valence-corrected chi connectivity index (χ1v) is 9.67. The van der Waals surface area contributed by atoms with Crippen LogP contribution < -0.4 is 4.72 Å². The molecule has 1 aromatic heterocycles. The van der Waals surface area contributed by atoms with Crippen LogP contribution in [-0.4, -0.2) is 20.1 Å². The Hall–Kier alpha value is -1.66. The van der Waals surface area contributed by atoms with Gasteiger partial charge in [-0.15, -0.1) is 0 Å². The van der Waals surface area contributed by atoms with Gasteiger partial charge in [-0.3, -0.25) is 0 Å². The molecule has 0 atom stereocenters. The summed E-state index contributed by atoms with van der Waals surface area (Å²) >= 11 is 0. The van der Waals surface area contributed by atoms with Gasteiger partial charge in [0.05, 0.1) is 0 Å². The molecular weight excluding hydrogens is 312 g/mol. The van der Waals surface area contributed by atoms with E-state index in [1.165, 1.54) is 12.8 Å². The summed E-state index contributed by atoms with van der Waals surface area (Å²) < 4.78 is 32.2. The number of sulfonamides is 1. The van der Waals surface area contributed by atoms with Crippen molar-refractivity contribution in [1.82, 2.24) is 9.88 Å². The molecule has 2 aromatic rings. The highest BCUT2D eigenvalue weighted by molar-refractivity contribution is 7.88. The van der Waals surface area contributed by atoms with Crippen molar-refractivity contribution in [3.8, 4) is 11.3 Å². The van der Waals surface area contributed by atoms with Crippen LogP contribution in [0, 0.1) is 12.8 Å². The molecule has 1 aliphatic rings. The zero-order chi connectivity index (χ0) is 16.3. The summed E-state index contributed by atoms with van der Waals surface area (Å²) in [5, 5.41) is 3.97. The molecule has 124 valence electrons. The fraction of sp³-hybridized carbons (Fsp3) is 0.471. The Morgan fingerprint density at radius 1 is 1.22 bits per heavy atom. The number of benzene rings is 1. The maximum absolute atomic E-state index is 12.1. The van der Waals surface area contributed by atoms with Crippen molar-refractivity contribution in [3.63, 3.8) is 0 Å². The fourth-order valence-corrected chi connectivity index (χ4v) is 4.04. The number of aromatic nitrogens is 1. The predicted octanol–water partition coefficient (Wildman–Crippen LogP) is 3.26. The number of hydrogen-bond donors (Lipinski definition) is 1. The van der Waals surface area contributed by atoms with E-state index in [0.29, 0.717) is 23.9 Å². The summed E-state index contributed by atoms with van der Waals surface area (Å²) in [6.45, 7) is 2.54. The molecule has 6 heteroatoms. The Morgan fingerprint density at radius 2 is 1.91 bits per heavy atom. The van der Waals surface area contributed by atoms with Gasteiger partial charge < -0.3 is 4.52 Å². The molecule has 0 unspecified atom stereocenters. The van der Waals surface area contributed by atoms with Crippen LogP contribution in [0.1, 0.15) is 37.0 Å². The van der Waals surface area contributed by atoms with Crippen LogP contribution in [0.25, 0.3) is 11.3 Å². The van der Waals surface area contributed by atoms with E-state index in [2.05, 4.69) is 9.88 Å². The van der Waals surface area contributed by atoms with Crippen molar-refractivity contribution >= 4 is 10.0 Å². The molecule has 0 saturated heterocycles. The largest absolute Gasteiger partial charge is 0.360 e. The Labute approximate surface area is 137 Å². The fourth-order valence-electron chi connectivity index (χ4n) is 2.94. The molecule has 0 amide bonds. The number of nitrogens with one attached hydrogen (secondary N) is 1. The molecule has 1 aliphatic carbocycles. The minimum atomic E-state index is -3.38. The van der Waals surface area contributed by atoms with E-state index in [-0.39, 0.29) is 5.75 Å². The lowest BCUT2D eigenvalue weighted by Gasteiger charge is -2.10. The van der Waals surface area contributed by atoms with Gasteiger partial charge in [0.15, 0.2) is 5.76 Å². The number of aryl methyl sites for hydroxylation is 1. The summed E-state index contributed by atoms with van der Waals surface area (Å²) in [5.74, 6) is 0.667. The average Bonchev–Trinajstić information content (AvgIpc) is 3.17. The molecular formula is C17H22N2O3S. The molecule has 0 bridgehead atoms.